The fraction of sp³-hybridized carbons (Fsp3) is 0.320. The fourth-order valence-corrected chi connectivity index (χ4v) is 4.44. The molecule has 5 heteroatoms. The topological polar surface area (TPSA) is 43.7 Å². The predicted octanol–water partition coefficient (Wildman–Crippen LogP) is 4.72. The van der Waals surface area contributed by atoms with Crippen LogP contribution in [0.3, 0.4) is 0 Å². The number of ether oxygens (including phenoxy) is 2. The molecule has 2 aromatic carbocycles. The van der Waals surface area contributed by atoms with Crippen LogP contribution < -0.4 is 9.47 Å². The van der Waals surface area contributed by atoms with Crippen LogP contribution in [0.1, 0.15) is 36.8 Å². The van der Waals surface area contributed by atoms with Gasteiger partial charge >= 0.3 is 0 Å². The summed E-state index contributed by atoms with van der Waals surface area (Å²) in [6.07, 6.45) is 9.03. The first-order valence-electron chi connectivity index (χ1n) is 10.7. The average Bonchev–Trinajstić information content (AvgIpc) is 3.55. The van der Waals surface area contributed by atoms with E-state index in [1.807, 2.05) is 42.7 Å². The lowest BCUT2D eigenvalue weighted by molar-refractivity contribution is -0.133. The van der Waals surface area contributed by atoms with E-state index in [0.717, 1.165) is 41.2 Å². The highest BCUT2D eigenvalue weighted by Gasteiger charge is 2.27. The van der Waals surface area contributed by atoms with Crippen molar-refractivity contribution in [3.05, 3.63) is 78.1 Å². The molecule has 5 rings (SSSR count). The van der Waals surface area contributed by atoms with E-state index < -0.39 is 0 Å². The molecule has 1 aliphatic heterocycles. The lowest BCUT2D eigenvalue weighted by Crippen LogP contribution is -2.39. The summed E-state index contributed by atoms with van der Waals surface area (Å²) in [4.78, 5) is 15.4. The summed E-state index contributed by atoms with van der Waals surface area (Å²) in [7, 11) is 0. The van der Waals surface area contributed by atoms with Gasteiger partial charge < -0.3 is 18.9 Å². The zero-order valence-corrected chi connectivity index (χ0v) is 17.0. The van der Waals surface area contributed by atoms with Gasteiger partial charge in [0.15, 0.2) is 11.5 Å². The Morgan fingerprint density at radius 1 is 0.933 bits per heavy atom. The third-order valence-electron chi connectivity index (χ3n) is 6.07. The third kappa shape index (κ3) is 3.92. The Morgan fingerprint density at radius 3 is 2.40 bits per heavy atom. The van der Waals surface area contributed by atoms with Crippen LogP contribution in [-0.2, 0) is 17.8 Å². The van der Waals surface area contributed by atoms with Gasteiger partial charge in [-0.2, -0.15) is 0 Å². The molecule has 154 valence electrons. The van der Waals surface area contributed by atoms with Crippen molar-refractivity contribution in [3.8, 4) is 17.2 Å². The molecular weight excluding hydrogens is 376 g/mol. The zero-order chi connectivity index (χ0) is 20.3. The molecule has 1 saturated carbocycles. The normalized spacial score (nSPS) is 15.5. The van der Waals surface area contributed by atoms with Gasteiger partial charge in [-0.05, 0) is 60.4 Å². The molecule has 0 unspecified atom stereocenters. The highest BCUT2D eigenvalue weighted by molar-refractivity contribution is 5.79. The number of carbonyl (C=O) groups excluding carboxylic acids is 1. The van der Waals surface area contributed by atoms with Gasteiger partial charge in [0.1, 0.15) is 0 Å². The van der Waals surface area contributed by atoms with E-state index in [0.29, 0.717) is 19.0 Å². The zero-order valence-electron chi connectivity index (χ0n) is 17.0. The number of benzene rings is 2. The standard InChI is InChI=1S/C25H26N2O3/c28-25(16-19-7-10-21(11-8-19)26-13-3-4-14-26)27(22-5-1-2-6-22)17-20-9-12-23-24(15-20)30-18-29-23/h3-4,7-15,22H,1-2,5-6,16-18H2. The molecule has 1 aromatic heterocycles. The van der Waals surface area contributed by atoms with Gasteiger partial charge in [-0.3, -0.25) is 4.79 Å². The second-order valence-electron chi connectivity index (χ2n) is 8.08. The molecule has 0 atom stereocenters. The van der Waals surface area contributed by atoms with E-state index in [4.69, 9.17) is 9.47 Å². The molecule has 1 amide bonds. The summed E-state index contributed by atoms with van der Waals surface area (Å²) >= 11 is 0. The number of aromatic nitrogens is 1. The van der Waals surface area contributed by atoms with Crippen LogP contribution in [0.4, 0.5) is 0 Å². The van der Waals surface area contributed by atoms with Crippen LogP contribution >= 0.6 is 0 Å². The molecule has 0 radical (unpaired) electrons. The molecule has 30 heavy (non-hydrogen) atoms. The van der Waals surface area contributed by atoms with Gasteiger partial charge in [0, 0.05) is 30.7 Å². The summed E-state index contributed by atoms with van der Waals surface area (Å²) < 4.78 is 13.0. The summed E-state index contributed by atoms with van der Waals surface area (Å²) in [5, 5.41) is 0. The Hall–Kier alpha value is -3.21. The SMILES string of the molecule is O=C(Cc1ccc(-n2cccc2)cc1)N(Cc1ccc2c(c1)OCO2)C1CCCC1. The van der Waals surface area contributed by atoms with Gasteiger partial charge in [-0.15, -0.1) is 0 Å². The van der Waals surface area contributed by atoms with Crippen molar-refractivity contribution in [2.75, 3.05) is 6.79 Å². The molecule has 2 aliphatic rings. The summed E-state index contributed by atoms with van der Waals surface area (Å²) in [5.74, 6) is 1.74. The second-order valence-corrected chi connectivity index (χ2v) is 8.08. The van der Waals surface area contributed by atoms with Gasteiger partial charge in [0.05, 0.1) is 6.42 Å². The van der Waals surface area contributed by atoms with Gasteiger partial charge in [0.2, 0.25) is 12.7 Å². The number of fused-ring (bicyclic) bond motifs is 1. The van der Waals surface area contributed by atoms with E-state index in [1.165, 1.54) is 12.8 Å². The fourth-order valence-electron chi connectivity index (χ4n) is 4.44. The monoisotopic (exact) mass is 402 g/mol. The third-order valence-corrected chi connectivity index (χ3v) is 6.07. The van der Waals surface area contributed by atoms with E-state index in [1.54, 1.807) is 0 Å². The van der Waals surface area contributed by atoms with Crippen LogP contribution in [-0.4, -0.2) is 28.2 Å². The molecule has 3 aromatic rings. The maximum Gasteiger partial charge on any atom is 0.231 e. The predicted molar refractivity (Wildman–Crippen MR) is 115 cm³/mol. The molecule has 1 fully saturated rings. The largest absolute Gasteiger partial charge is 0.454 e. The van der Waals surface area contributed by atoms with Crippen LogP contribution in [0.15, 0.2) is 67.0 Å². The lowest BCUT2D eigenvalue weighted by Gasteiger charge is -2.29. The Morgan fingerprint density at radius 2 is 1.63 bits per heavy atom. The van der Waals surface area contributed by atoms with E-state index >= 15 is 0 Å². The second kappa shape index (κ2) is 8.27. The minimum absolute atomic E-state index is 0.188. The minimum Gasteiger partial charge on any atom is -0.454 e. The molecule has 0 N–H and O–H groups in total. The van der Waals surface area contributed by atoms with Gasteiger partial charge in [0.25, 0.3) is 0 Å². The van der Waals surface area contributed by atoms with E-state index in [2.05, 4.69) is 33.7 Å². The van der Waals surface area contributed by atoms with Crippen molar-refractivity contribution >= 4 is 5.91 Å². The first kappa shape index (κ1) is 18.8. The highest BCUT2D eigenvalue weighted by Crippen LogP contribution is 2.34. The van der Waals surface area contributed by atoms with Crippen molar-refractivity contribution in [2.45, 2.75) is 44.7 Å². The minimum atomic E-state index is 0.188. The Labute approximate surface area is 176 Å². The first-order chi connectivity index (χ1) is 14.8. The van der Waals surface area contributed by atoms with Crippen molar-refractivity contribution < 1.29 is 14.3 Å². The molecule has 5 nitrogen and oxygen atoms in total. The smallest absolute Gasteiger partial charge is 0.231 e. The molecular formula is C25H26N2O3. The molecule has 0 saturated heterocycles. The number of nitrogens with zero attached hydrogens (tertiary/aromatic N) is 2. The van der Waals surface area contributed by atoms with Gasteiger partial charge in [-0.1, -0.05) is 31.0 Å². The highest BCUT2D eigenvalue weighted by atomic mass is 16.7. The van der Waals surface area contributed by atoms with Crippen molar-refractivity contribution in [1.82, 2.24) is 9.47 Å². The molecule has 2 heterocycles. The maximum absolute atomic E-state index is 13.3. The number of amides is 1. The summed E-state index contributed by atoms with van der Waals surface area (Å²) in [6, 6.07) is 18.6. The Kier molecular flexibility index (Phi) is 5.18. The van der Waals surface area contributed by atoms with E-state index in [9.17, 15) is 4.79 Å². The van der Waals surface area contributed by atoms with Crippen LogP contribution in [0.25, 0.3) is 5.69 Å². The number of carbonyl (C=O) groups is 1. The average molecular weight is 402 g/mol. The van der Waals surface area contributed by atoms with E-state index in [-0.39, 0.29) is 12.7 Å². The summed E-state index contributed by atoms with van der Waals surface area (Å²) in [5.41, 5.74) is 3.23. The Bertz CT molecular complexity index is 1010. The summed E-state index contributed by atoms with van der Waals surface area (Å²) in [6.45, 7) is 0.880. The number of hydrogen-bond acceptors (Lipinski definition) is 3. The number of rotatable bonds is 6. The Balaban J connectivity index is 1.31. The van der Waals surface area contributed by atoms with Crippen LogP contribution in [0.5, 0.6) is 11.5 Å². The molecule has 0 spiro atoms. The first-order valence-corrected chi connectivity index (χ1v) is 10.7. The lowest BCUT2D eigenvalue weighted by atomic mass is 10.1. The maximum atomic E-state index is 13.3. The van der Waals surface area contributed by atoms with Gasteiger partial charge in [-0.25, -0.2) is 0 Å². The van der Waals surface area contributed by atoms with Crippen molar-refractivity contribution in [2.24, 2.45) is 0 Å². The molecule has 0 bridgehead atoms. The van der Waals surface area contributed by atoms with Crippen molar-refractivity contribution in [1.29, 1.82) is 0 Å². The number of hydrogen-bond donors (Lipinski definition) is 0. The molecule has 1 aliphatic carbocycles. The quantitative estimate of drug-likeness (QED) is 0.599. The van der Waals surface area contributed by atoms with Crippen molar-refractivity contribution in [3.63, 3.8) is 0 Å². The van der Waals surface area contributed by atoms with Crippen LogP contribution in [0, 0.1) is 0 Å². The van der Waals surface area contributed by atoms with Crippen LogP contribution in [0.2, 0.25) is 0 Å².